The molecule has 0 atom stereocenters. The highest BCUT2D eigenvalue weighted by atomic mass is 35.5. The van der Waals surface area contributed by atoms with Crippen LogP contribution in [-0.4, -0.2) is 33.2 Å². The number of hydrogen-bond donors (Lipinski definition) is 1. The number of dihydropyridines is 1. The summed E-state index contributed by atoms with van der Waals surface area (Å²) in [5.74, 6) is -0.349. The Balaban J connectivity index is 1.58. The van der Waals surface area contributed by atoms with Gasteiger partial charge in [0.2, 0.25) is 0 Å². The summed E-state index contributed by atoms with van der Waals surface area (Å²) in [4.78, 5) is 21.6. The monoisotopic (exact) mass is 435 g/mol. The van der Waals surface area contributed by atoms with Crippen LogP contribution in [0.15, 0.2) is 35.3 Å². The van der Waals surface area contributed by atoms with Crippen molar-refractivity contribution in [2.75, 3.05) is 11.9 Å². The molecule has 0 fully saturated rings. The lowest BCUT2D eigenvalue weighted by atomic mass is 10.2. The summed E-state index contributed by atoms with van der Waals surface area (Å²) in [5.41, 5.74) is 2.27. The zero-order valence-electron chi connectivity index (χ0n) is 13.6. The van der Waals surface area contributed by atoms with E-state index < -0.39 is 0 Å². The van der Waals surface area contributed by atoms with Crippen LogP contribution in [0, 0.1) is 0 Å². The van der Waals surface area contributed by atoms with Gasteiger partial charge < -0.3 is 5.32 Å². The number of anilines is 1. The number of carbonyl (C=O) groups excluding carboxylic acids is 1. The topological polar surface area (TPSA) is 80.1 Å². The van der Waals surface area contributed by atoms with Gasteiger partial charge >= 0.3 is 0 Å². The van der Waals surface area contributed by atoms with Gasteiger partial charge in [0.05, 0.1) is 0 Å². The first-order valence-corrected chi connectivity index (χ1v) is 10.2. The maximum atomic E-state index is 12.7. The lowest BCUT2D eigenvalue weighted by molar-refractivity contribution is 0.103. The summed E-state index contributed by atoms with van der Waals surface area (Å²) in [6.07, 6.45) is 4.64. The molecular formula is C17H11Cl2N5OS2. The fourth-order valence-electron chi connectivity index (χ4n) is 2.45. The highest BCUT2D eigenvalue weighted by Crippen LogP contribution is 2.33. The van der Waals surface area contributed by atoms with Crippen molar-refractivity contribution in [3.63, 3.8) is 0 Å². The zero-order chi connectivity index (χ0) is 18.8. The van der Waals surface area contributed by atoms with E-state index in [9.17, 15) is 4.79 Å². The molecule has 0 saturated carbocycles. The van der Waals surface area contributed by atoms with Crippen LogP contribution in [0.25, 0.3) is 16.8 Å². The number of amides is 1. The molecule has 0 spiro atoms. The van der Waals surface area contributed by atoms with Crippen LogP contribution in [0.3, 0.4) is 0 Å². The number of aromatic nitrogens is 3. The van der Waals surface area contributed by atoms with Gasteiger partial charge in [-0.1, -0.05) is 45.9 Å². The maximum absolute atomic E-state index is 12.7. The summed E-state index contributed by atoms with van der Waals surface area (Å²) >= 11 is 14.4. The lowest BCUT2D eigenvalue weighted by Crippen LogP contribution is -2.10. The molecule has 2 aromatic heterocycles. The number of halogens is 2. The van der Waals surface area contributed by atoms with Crippen molar-refractivity contribution in [3.05, 3.63) is 50.4 Å². The molecule has 3 heterocycles. The molecule has 3 aromatic rings. The molecule has 0 unspecified atom stereocenters. The number of hydrogen-bond acceptors (Lipinski definition) is 7. The molecule has 1 aromatic carbocycles. The van der Waals surface area contributed by atoms with E-state index in [1.807, 2.05) is 18.2 Å². The third-order valence-corrected chi connectivity index (χ3v) is 6.11. The second-order valence-corrected chi connectivity index (χ2v) is 8.08. The standard InChI is InChI=1S/C17H11Cl2N5OS2/c18-11-5-3-9(4-6-11)12-17(27-24-23-12)22-15(25)13-14(19)21-16(26-13)10-2-1-7-20-8-10/h2-6,8H,1,7H2,(H,22,25). The molecular weight excluding hydrogens is 425 g/mol. The van der Waals surface area contributed by atoms with Gasteiger partial charge in [0.1, 0.15) is 20.6 Å². The van der Waals surface area contributed by atoms with Crippen molar-refractivity contribution in [3.8, 4) is 11.3 Å². The molecule has 0 bridgehead atoms. The van der Waals surface area contributed by atoms with E-state index in [4.69, 9.17) is 23.2 Å². The largest absolute Gasteiger partial charge is 0.310 e. The Kier molecular flexibility index (Phi) is 5.31. The van der Waals surface area contributed by atoms with Crippen molar-refractivity contribution < 1.29 is 4.79 Å². The van der Waals surface area contributed by atoms with Crippen LogP contribution in [0.4, 0.5) is 5.00 Å². The zero-order valence-corrected chi connectivity index (χ0v) is 16.8. The SMILES string of the molecule is O=C(Nc1snnc1-c1ccc(Cl)cc1)c1sc(C2=CCCN=C2)nc1Cl. The molecule has 0 saturated heterocycles. The minimum absolute atomic E-state index is 0.165. The minimum Gasteiger partial charge on any atom is -0.310 e. The van der Waals surface area contributed by atoms with Crippen molar-refractivity contribution in [1.29, 1.82) is 0 Å². The van der Waals surface area contributed by atoms with E-state index >= 15 is 0 Å². The molecule has 1 amide bonds. The molecule has 10 heteroatoms. The average Bonchev–Trinajstić information content (AvgIpc) is 3.30. The molecule has 1 aliphatic heterocycles. The number of carbonyl (C=O) groups is 1. The van der Waals surface area contributed by atoms with Crippen molar-refractivity contribution in [1.82, 2.24) is 14.6 Å². The maximum Gasteiger partial charge on any atom is 0.269 e. The molecule has 6 nitrogen and oxygen atoms in total. The quantitative estimate of drug-likeness (QED) is 0.619. The van der Waals surface area contributed by atoms with Gasteiger partial charge in [0.25, 0.3) is 5.91 Å². The predicted octanol–water partition coefficient (Wildman–Crippen LogP) is 5.08. The third-order valence-electron chi connectivity index (χ3n) is 3.72. The van der Waals surface area contributed by atoms with E-state index in [0.29, 0.717) is 25.6 Å². The highest BCUT2D eigenvalue weighted by Gasteiger charge is 2.21. The van der Waals surface area contributed by atoms with Crippen LogP contribution in [0.5, 0.6) is 0 Å². The fraction of sp³-hybridized carbons (Fsp3) is 0.118. The van der Waals surface area contributed by atoms with E-state index in [0.717, 1.165) is 35.6 Å². The van der Waals surface area contributed by atoms with Gasteiger partial charge in [0, 0.05) is 40.5 Å². The Labute approximate surface area is 172 Å². The minimum atomic E-state index is -0.349. The average molecular weight is 436 g/mol. The van der Waals surface area contributed by atoms with Gasteiger partial charge in [-0.05, 0) is 18.6 Å². The summed E-state index contributed by atoms with van der Waals surface area (Å²) in [6.45, 7) is 0.766. The van der Waals surface area contributed by atoms with Crippen LogP contribution in [-0.2, 0) is 0 Å². The Bertz CT molecular complexity index is 1060. The van der Waals surface area contributed by atoms with Crippen LogP contribution < -0.4 is 5.32 Å². The summed E-state index contributed by atoms with van der Waals surface area (Å²) in [7, 11) is 0. The van der Waals surface area contributed by atoms with E-state index in [2.05, 4.69) is 24.9 Å². The lowest BCUT2D eigenvalue weighted by Gasteiger charge is -2.03. The first kappa shape index (κ1) is 18.2. The second-order valence-electron chi connectivity index (χ2n) is 5.53. The molecule has 136 valence electrons. The number of rotatable bonds is 4. The first-order chi connectivity index (χ1) is 13.1. The number of allylic oxidation sites excluding steroid dienone is 1. The Morgan fingerprint density at radius 2 is 2.00 bits per heavy atom. The number of nitrogens with one attached hydrogen (secondary N) is 1. The van der Waals surface area contributed by atoms with Crippen LogP contribution >= 0.6 is 46.1 Å². The molecule has 1 N–H and O–H groups in total. The number of aliphatic imine (C=N–C) groups is 1. The van der Waals surface area contributed by atoms with Gasteiger partial charge in [-0.25, -0.2) is 4.98 Å². The van der Waals surface area contributed by atoms with E-state index in [-0.39, 0.29) is 11.1 Å². The van der Waals surface area contributed by atoms with E-state index in [1.165, 1.54) is 11.3 Å². The molecule has 0 aliphatic carbocycles. The third kappa shape index (κ3) is 3.93. The van der Waals surface area contributed by atoms with Gasteiger partial charge in [0.15, 0.2) is 5.15 Å². The van der Waals surface area contributed by atoms with Gasteiger partial charge in [-0.15, -0.1) is 16.4 Å². The Hall–Kier alpha value is -2.13. The second kappa shape index (κ2) is 7.85. The van der Waals surface area contributed by atoms with E-state index in [1.54, 1.807) is 18.3 Å². The molecule has 27 heavy (non-hydrogen) atoms. The first-order valence-electron chi connectivity index (χ1n) is 7.88. The molecule has 0 radical (unpaired) electrons. The highest BCUT2D eigenvalue weighted by molar-refractivity contribution is 7.16. The van der Waals surface area contributed by atoms with Crippen molar-refractivity contribution in [2.24, 2.45) is 4.99 Å². The van der Waals surface area contributed by atoms with Gasteiger partial charge in [-0.3, -0.25) is 9.79 Å². The molecule has 4 rings (SSSR count). The number of nitrogens with zero attached hydrogens (tertiary/aromatic N) is 4. The number of thiazole rings is 1. The fourth-order valence-corrected chi connectivity index (χ4v) is 4.35. The summed E-state index contributed by atoms with van der Waals surface area (Å²) < 4.78 is 3.94. The summed E-state index contributed by atoms with van der Waals surface area (Å²) in [6, 6.07) is 7.16. The van der Waals surface area contributed by atoms with Crippen molar-refractivity contribution >= 4 is 68.8 Å². The van der Waals surface area contributed by atoms with Crippen LogP contribution in [0.2, 0.25) is 10.2 Å². The number of benzene rings is 1. The summed E-state index contributed by atoms with van der Waals surface area (Å²) in [5, 5.41) is 8.93. The Morgan fingerprint density at radius 3 is 2.74 bits per heavy atom. The predicted molar refractivity (Wildman–Crippen MR) is 111 cm³/mol. The van der Waals surface area contributed by atoms with Gasteiger partial charge in [-0.2, -0.15) is 0 Å². The smallest absolute Gasteiger partial charge is 0.269 e. The Morgan fingerprint density at radius 1 is 1.19 bits per heavy atom. The molecule has 1 aliphatic rings. The van der Waals surface area contributed by atoms with Crippen molar-refractivity contribution in [2.45, 2.75) is 6.42 Å². The normalized spacial score (nSPS) is 13.5. The van der Waals surface area contributed by atoms with Crippen LogP contribution in [0.1, 0.15) is 21.1 Å².